The molecule has 1 aromatic carbocycles. The molecule has 2 rings (SSSR count). The summed E-state index contributed by atoms with van der Waals surface area (Å²) < 4.78 is 0. The molecule has 1 aromatic rings. The minimum atomic E-state index is -0.766. The van der Waals surface area contributed by atoms with Crippen molar-refractivity contribution in [3.05, 3.63) is 35.4 Å². The quantitative estimate of drug-likeness (QED) is 0.674. The second-order valence-electron chi connectivity index (χ2n) is 4.44. The van der Waals surface area contributed by atoms with E-state index in [1.54, 1.807) is 31.2 Å². The van der Waals surface area contributed by atoms with Crippen molar-refractivity contribution in [2.75, 3.05) is 0 Å². The van der Waals surface area contributed by atoms with Crippen LogP contribution < -0.4 is 16.8 Å². The molecule has 0 aliphatic carbocycles. The van der Waals surface area contributed by atoms with E-state index < -0.39 is 11.4 Å². The zero-order chi connectivity index (χ0) is 13.3. The van der Waals surface area contributed by atoms with Crippen molar-refractivity contribution in [3.63, 3.8) is 0 Å². The second-order valence-corrected chi connectivity index (χ2v) is 4.44. The lowest BCUT2D eigenvalue weighted by molar-refractivity contribution is -0.121. The Hall–Kier alpha value is -2.37. The number of nitrogens with zero attached hydrogens (tertiary/aromatic N) is 1. The molecule has 1 aliphatic rings. The highest BCUT2D eigenvalue weighted by atomic mass is 16.2. The van der Waals surface area contributed by atoms with Gasteiger partial charge in [0.2, 0.25) is 11.8 Å². The molecule has 18 heavy (non-hydrogen) atoms. The topological polar surface area (TPSA) is 111 Å². The van der Waals surface area contributed by atoms with Crippen molar-refractivity contribution in [2.24, 2.45) is 16.5 Å². The van der Waals surface area contributed by atoms with Crippen LogP contribution in [0.25, 0.3) is 0 Å². The molecule has 0 saturated heterocycles. The number of aliphatic imine (C=N–C) groups is 1. The number of hydrogen-bond acceptors (Lipinski definition) is 4. The normalized spacial score (nSPS) is 23.2. The molecular formula is C12H14N4O2. The SMILES string of the molecule is C[C@]1(c2cccc(C(N)=O)c2)CC(=O)NC(N)=N1. The molecule has 1 aliphatic heterocycles. The summed E-state index contributed by atoms with van der Waals surface area (Å²) in [7, 11) is 0. The summed E-state index contributed by atoms with van der Waals surface area (Å²) in [4.78, 5) is 26.9. The molecule has 0 bridgehead atoms. The van der Waals surface area contributed by atoms with Gasteiger partial charge >= 0.3 is 0 Å². The van der Waals surface area contributed by atoms with Gasteiger partial charge in [-0.15, -0.1) is 0 Å². The molecule has 2 amide bonds. The zero-order valence-electron chi connectivity index (χ0n) is 9.93. The summed E-state index contributed by atoms with van der Waals surface area (Å²) >= 11 is 0. The van der Waals surface area contributed by atoms with Gasteiger partial charge in [0.25, 0.3) is 0 Å². The minimum absolute atomic E-state index is 0.0817. The Morgan fingerprint density at radius 3 is 2.83 bits per heavy atom. The number of primary amides is 1. The molecule has 0 unspecified atom stereocenters. The number of nitrogens with two attached hydrogens (primary N) is 2. The molecule has 0 radical (unpaired) electrons. The summed E-state index contributed by atoms with van der Waals surface area (Å²) in [6.45, 7) is 1.79. The van der Waals surface area contributed by atoms with E-state index >= 15 is 0 Å². The van der Waals surface area contributed by atoms with Crippen LogP contribution in [-0.4, -0.2) is 17.8 Å². The van der Waals surface area contributed by atoms with E-state index in [-0.39, 0.29) is 18.3 Å². The van der Waals surface area contributed by atoms with Gasteiger partial charge in [-0.05, 0) is 24.6 Å². The van der Waals surface area contributed by atoms with E-state index in [4.69, 9.17) is 11.5 Å². The van der Waals surface area contributed by atoms with Gasteiger partial charge in [0.15, 0.2) is 5.96 Å². The molecule has 0 aromatic heterocycles. The average molecular weight is 246 g/mol. The van der Waals surface area contributed by atoms with E-state index in [0.717, 1.165) is 5.56 Å². The van der Waals surface area contributed by atoms with Crippen LogP contribution in [0.4, 0.5) is 0 Å². The summed E-state index contributed by atoms with van der Waals surface area (Å²) in [5.41, 5.74) is 11.1. The molecule has 5 N–H and O–H groups in total. The maximum Gasteiger partial charge on any atom is 0.248 e. The molecule has 0 saturated carbocycles. The monoisotopic (exact) mass is 246 g/mol. The van der Waals surface area contributed by atoms with Crippen molar-refractivity contribution in [1.29, 1.82) is 0 Å². The Bertz CT molecular complexity index is 553. The van der Waals surface area contributed by atoms with Gasteiger partial charge in [-0.3, -0.25) is 14.9 Å². The molecule has 1 atom stereocenters. The number of guanidine groups is 1. The lowest BCUT2D eigenvalue weighted by atomic mass is 9.87. The highest BCUT2D eigenvalue weighted by Gasteiger charge is 2.33. The third-order valence-electron chi connectivity index (χ3n) is 2.91. The van der Waals surface area contributed by atoms with E-state index in [1.807, 2.05) is 0 Å². The van der Waals surface area contributed by atoms with Crippen molar-refractivity contribution >= 4 is 17.8 Å². The lowest BCUT2D eigenvalue weighted by Gasteiger charge is -2.29. The Labute approximate surface area is 104 Å². The summed E-state index contributed by atoms with van der Waals surface area (Å²) in [6, 6.07) is 6.75. The first-order valence-electron chi connectivity index (χ1n) is 5.46. The lowest BCUT2D eigenvalue weighted by Crippen LogP contribution is -2.46. The number of hydrogen-bond donors (Lipinski definition) is 3. The minimum Gasteiger partial charge on any atom is -0.370 e. The van der Waals surface area contributed by atoms with Crippen molar-refractivity contribution in [1.82, 2.24) is 5.32 Å². The first-order chi connectivity index (χ1) is 8.40. The zero-order valence-corrected chi connectivity index (χ0v) is 9.93. The van der Waals surface area contributed by atoms with Crippen LogP contribution in [0.5, 0.6) is 0 Å². The van der Waals surface area contributed by atoms with E-state index in [9.17, 15) is 9.59 Å². The van der Waals surface area contributed by atoms with Crippen LogP contribution in [0.15, 0.2) is 29.3 Å². The van der Waals surface area contributed by atoms with Crippen LogP contribution in [-0.2, 0) is 10.3 Å². The predicted molar refractivity (Wildman–Crippen MR) is 66.7 cm³/mol. The molecule has 94 valence electrons. The van der Waals surface area contributed by atoms with Crippen LogP contribution in [0.2, 0.25) is 0 Å². The van der Waals surface area contributed by atoms with Crippen molar-refractivity contribution < 1.29 is 9.59 Å². The fraction of sp³-hybridized carbons (Fsp3) is 0.250. The number of nitrogens with one attached hydrogen (secondary N) is 1. The third-order valence-corrected chi connectivity index (χ3v) is 2.91. The van der Waals surface area contributed by atoms with Gasteiger partial charge in [-0.25, -0.2) is 4.99 Å². The molecule has 6 heteroatoms. The number of carbonyl (C=O) groups excluding carboxylic acids is 2. The van der Waals surface area contributed by atoms with Crippen molar-refractivity contribution in [2.45, 2.75) is 18.9 Å². The third kappa shape index (κ3) is 2.17. The fourth-order valence-corrected chi connectivity index (χ4v) is 2.01. The highest BCUT2D eigenvalue weighted by molar-refractivity contribution is 5.99. The Balaban J connectivity index is 2.47. The van der Waals surface area contributed by atoms with E-state index in [0.29, 0.717) is 5.56 Å². The van der Waals surface area contributed by atoms with E-state index in [1.165, 1.54) is 0 Å². The number of rotatable bonds is 2. The average Bonchev–Trinajstić information content (AvgIpc) is 2.27. The second kappa shape index (κ2) is 4.14. The predicted octanol–water partition coefficient (Wildman–Crippen LogP) is -0.165. The van der Waals surface area contributed by atoms with Crippen molar-refractivity contribution in [3.8, 4) is 0 Å². The van der Waals surface area contributed by atoms with Crippen LogP contribution >= 0.6 is 0 Å². The Morgan fingerprint density at radius 1 is 1.50 bits per heavy atom. The maximum absolute atomic E-state index is 11.5. The summed E-state index contributed by atoms with van der Waals surface area (Å²) in [5.74, 6) is -0.634. The van der Waals surface area contributed by atoms with Crippen LogP contribution in [0.3, 0.4) is 0 Å². The summed E-state index contributed by atoms with van der Waals surface area (Å²) in [6.07, 6.45) is 0.177. The first kappa shape index (κ1) is 12.1. The van der Waals surface area contributed by atoms with Gasteiger partial charge < -0.3 is 11.5 Å². The number of benzene rings is 1. The van der Waals surface area contributed by atoms with Gasteiger partial charge in [-0.1, -0.05) is 12.1 Å². The number of carbonyl (C=O) groups is 2. The van der Waals surface area contributed by atoms with E-state index in [2.05, 4.69) is 10.3 Å². The molecule has 0 fully saturated rings. The van der Waals surface area contributed by atoms with Gasteiger partial charge in [0.05, 0.1) is 12.0 Å². The number of amides is 2. The Kier molecular flexibility index (Phi) is 2.78. The van der Waals surface area contributed by atoms with Crippen LogP contribution in [0.1, 0.15) is 29.3 Å². The fourth-order valence-electron chi connectivity index (χ4n) is 2.01. The Morgan fingerprint density at radius 2 is 2.22 bits per heavy atom. The smallest absolute Gasteiger partial charge is 0.248 e. The standard InChI is InChI=1S/C12H14N4O2/c1-12(6-9(17)15-11(14)16-12)8-4-2-3-7(5-8)10(13)18/h2-5H,6H2,1H3,(H2,13,18)(H3,14,15,16,17)/t12-/m1/s1. The molecule has 0 spiro atoms. The first-order valence-corrected chi connectivity index (χ1v) is 5.46. The largest absolute Gasteiger partial charge is 0.370 e. The van der Waals surface area contributed by atoms with Gasteiger partial charge in [0, 0.05) is 5.56 Å². The molecule has 1 heterocycles. The maximum atomic E-state index is 11.5. The summed E-state index contributed by atoms with van der Waals surface area (Å²) in [5, 5.41) is 2.44. The molecule has 6 nitrogen and oxygen atoms in total. The molecular weight excluding hydrogens is 232 g/mol. The van der Waals surface area contributed by atoms with Gasteiger partial charge in [0.1, 0.15) is 0 Å². The van der Waals surface area contributed by atoms with Gasteiger partial charge in [-0.2, -0.15) is 0 Å². The van der Waals surface area contributed by atoms with Crippen LogP contribution in [0, 0.1) is 0 Å². The highest BCUT2D eigenvalue weighted by Crippen LogP contribution is 2.31.